The number of anilines is 2. The Morgan fingerprint density at radius 3 is 1.84 bits per heavy atom. The smallest absolute Gasteiger partial charge is 0.303 e. The van der Waals surface area contributed by atoms with Crippen molar-refractivity contribution in [1.82, 2.24) is 13.5 Å². The third-order valence-electron chi connectivity index (χ3n) is 14.5. The Hall–Kier alpha value is -7.28. The number of amides is 3. The van der Waals surface area contributed by atoms with Crippen molar-refractivity contribution >= 4 is 118 Å². The number of benzene rings is 6. The number of piperazine rings is 1. The second kappa shape index (κ2) is 22.8. The maximum absolute atomic E-state index is 14.9. The van der Waals surface area contributed by atoms with E-state index in [2.05, 4.69) is 0 Å². The molecule has 0 unspecified atom stereocenters. The first kappa shape index (κ1) is 59.3. The van der Waals surface area contributed by atoms with E-state index >= 15 is 0 Å². The van der Waals surface area contributed by atoms with Gasteiger partial charge in [0.25, 0.3) is 48.0 Å². The van der Waals surface area contributed by atoms with E-state index in [1.807, 2.05) is 4.57 Å². The molecule has 432 valence electrons. The number of pyridine rings is 1. The lowest BCUT2D eigenvalue weighted by Crippen LogP contribution is -2.50. The van der Waals surface area contributed by atoms with Gasteiger partial charge in [-0.25, -0.2) is 34.5 Å². The van der Waals surface area contributed by atoms with Crippen LogP contribution in [0.4, 0.5) is 11.4 Å². The molecule has 3 amide bonds. The summed E-state index contributed by atoms with van der Waals surface area (Å²) in [7, 11) is -22.7. The van der Waals surface area contributed by atoms with E-state index in [1.165, 1.54) is 34.6 Å². The summed E-state index contributed by atoms with van der Waals surface area (Å²) in [5, 5.41) is 9.29. The predicted molar refractivity (Wildman–Crippen MR) is 301 cm³/mol. The molecule has 0 bridgehead atoms. The Balaban J connectivity index is 0.874. The third kappa shape index (κ3) is 11.8. The quantitative estimate of drug-likeness (QED) is 0.0185. The highest BCUT2D eigenvalue weighted by Gasteiger charge is 2.39. The predicted octanol–water partition coefficient (Wildman–Crippen LogP) is 4.91. The highest BCUT2D eigenvalue weighted by molar-refractivity contribution is 7.91. The van der Waals surface area contributed by atoms with E-state index in [4.69, 9.17) is 10.8 Å². The lowest BCUT2D eigenvalue weighted by molar-refractivity contribution is -0.645. The van der Waals surface area contributed by atoms with Crippen molar-refractivity contribution in [2.75, 3.05) is 61.4 Å². The molecule has 5 N–H and O–H groups in total. The number of unbranched alkanes of at least 4 members (excludes halogenated alkanes) is 2. The monoisotopic (exact) mass is 1220 g/mol. The molecule has 1 aromatic heterocycles. The number of para-hydroxylation sites is 2. The number of nitrogens with zero attached hydrogens (tertiary/aromatic N) is 5. The normalized spacial score (nSPS) is 14.9. The molecule has 0 spiro atoms. The van der Waals surface area contributed by atoms with E-state index in [-0.39, 0.29) is 104 Å². The van der Waals surface area contributed by atoms with Gasteiger partial charge in [0, 0.05) is 75.0 Å². The van der Waals surface area contributed by atoms with Gasteiger partial charge in [-0.1, -0.05) is 54.4 Å². The van der Waals surface area contributed by atoms with Crippen LogP contribution in [0.15, 0.2) is 135 Å². The second-order valence-electron chi connectivity index (χ2n) is 19.8. The van der Waals surface area contributed by atoms with Crippen LogP contribution < -0.4 is 15.2 Å². The number of aryl methyl sites for hydroxylation is 2. The van der Waals surface area contributed by atoms with Crippen LogP contribution >= 0.6 is 0 Å². The minimum atomic E-state index is -5.15. The van der Waals surface area contributed by atoms with Crippen molar-refractivity contribution in [3.8, 4) is 0 Å². The first-order chi connectivity index (χ1) is 38.6. The van der Waals surface area contributed by atoms with E-state index < -0.39 is 112 Å². The molecule has 3 heterocycles. The van der Waals surface area contributed by atoms with Crippen LogP contribution in [-0.2, 0) is 61.5 Å². The fraction of sp³-hybridized carbons (Fsp3) is 0.278. The van der Waals surface area contributed by atoms with Crippen LogP contribution in [0.3, 0.4) is 0 Å². The van der Waals surface area contributed by atoms with Gasteiger partial charge in [0.1, 0.15) is 4.90 Å². The highest BCUT2D eigenvalue weighted by atomic mass is 32.2. The van der Waals surface area contributed by atoms with Crippen LogP contribution in [-0.4, -0.2) is 144 Å². The lowest BCUT2D eigenvalue weighted by atomic mass is 9.92. The zero-order valence-electron chi connectivity index (χ0n) is 43.8. The molecular formula is C54H55N6O17S5+. The first-order valence-corrected chi connectivity index (χ1v) is 33.1. The number of sulfone groups is 1. The number of nitrogen functional groups attached to an aromatic ring is 1. The number of sulfonamides is 2. The van der Waals surface area contributed by atoms with Gasteiger partial charge in [-0.05, 0) is 80.4 Å². The number of hydrogen-bond donors (Lipinski definition) is 4. The van der Waals surface area contributed by atoms with Gasteiger partial charge >= 0.3 is 5.97 Å². The molecule has 1 saturated heterocycles. The number of aromatic nitrogens is 1. The molecule has 7 aromatic rings. The molecule has 9 rings (SSSR count). The Bertz CT molecular complexity index is 4300. The fourth-order valence-electron chi connectivity index (χ4n) is 10.3. The van der Waals surface area contributed by atoms with Crippen molar-refractivity contribution in [1.29, 1.82) is 0 Å². The fourth-order valence-corrected chi connectivity index (χ4v) is 15.7. The maximum Gasteiger partial charge on any atom is 0.303 e. The number of carbonyl (C=O) groups is 4. The molecule has 2 aliphatic rings. The minimum absolute atomic E-state index is 0.0346. The van der Waals surface area contributed by atoms with Crippen LogP contribution in [0.2, 0.25) is 0 Å². The maximum atomic E-state index is 14.9. The van der Waals surface area contributed by atoms with Crippen molar-refractivity contribution < 1.29 is 80.0 Å². The first-order valence-electron chi connectivity index (χ1n) is 25.6. The molecule has 23 nitrogen and oxygen atoms in total. The van der Waals surface area contributed by atoms with Crippen molar-refractivity contribution in [3.05, 3.63) is 138 Å². The molecule has 0 atom stereocenters. The SMILES string of the molecule is Cc1ccc(S(=O)(=O)N(CCCCCC(=O)O)C(=O)c2c3ccccc3[n+](CCCS(=O)(=O)N3CCN(CCS(=O)(=O)c4cccc(N5C(=O)c6cc(S(=O)(=O)O)cc7c(N)c(S(=O)(=O)O)cc(c67)C5=O)c4)CC3)c3ccccc23)cc1. The summed E-state index contributed by atoms with van der Waals surface area (Å²) < 4.78 is 157. The standard InChI is InChI=1S/C54H54N6O17S5/c1-35-18-20-37(21-19-35)80(70,71)59(23-8-2-3-17-48(61)62)54(65)50-40-13-4-6-15-45(40)58(46-16-7-5-14-41(46)50)22-10-29-79(68,69)57-26-24-56(25-27-57)28-30-78(66,67)38-12-9-11-36(31-38)60-52(63)43-33-39(81(72,73)74)32-42-49(43)44(53(60)64)34-47(51(42)55)82(75,76)77/h4-7,9,11-16,18-21,31-34H,2-3,8,10,17,22-30H2,1H3,(H4-,55,61,62,63,64,72,73,74,75,76,77)/p+1. The van der Waals surface area contributed by atoms with E-state index in [0.717, 1.165) is 28.1 Å². The summed E-state index contributed by atoms with van der Waals surface area (Å²) in [6, 6.07) is 26.9. The minimum Gasteiger partial charge on any atom is -0.481 e. The van der Waals surface area contributed by atoms with Gasteiger partial charge in [-0.2, -0.15) is 25.7 Å². The molecule has 0 saturated carbocycles. The van der Waals surface area contributed by atoms with Crippen molar-refractivity contribution in [3.63, 3.8) is 0 Å². The summed E-state index contributed by atoms with van der Waals surface area (Å²) >= 11 is 0. The number of carboxylic acids is 1. The topological polar surface area (TPSA) is 343 Å². The molecule has 2 aliphatic heterocycles. The number of aliphatic carboxylic acids is 1. The Morgan fingerprint density at radius 1 is 0.634 bits per heavy atom. The molecule has 6 aromatic carbocycles. The van der Waals surface area contributed by atoms with Crippen molar-refractivity contribution in [2.45, 2.75) is 65.2 Å². The zero-order chi connectivity index (χ0) is 59.3. The number of carbonyl (C=O) groups excluding carboxylic acids is 3. The van der Waals surface area contributed by atoms with Crippen LogP contribution in [0, 0.1) is 6.92 Å². The average Bonchev–Trinajstić information content (AvgIpc) is 1.07. The van der Waals surface area contributed by atoms with Gasteiger partial charge in [-0.15, -0.1) is 0 Å². The Morgan fingerprint density at radius 2 is 1.24 bits per heavy atom. The molecule has 0 radical (unpaired) electrons. The van der Waals surface area contributed by atoms with Crippen LogP contribution in [0.1, 0.15) is 68.7 Å². The summed E-state index contributed by atoms with van der Waals surface area (Å²) in [6.07, 6.45) is 0.864. The summed E-state index contributed by atoms with van der Waals surface area (Å²) in [5.74, 6) is -4.87. The van der Waals surface area contributed by atoms with Crippen molar-refractivity contribution in [2.24, 2.45) is 0 Å². The zero-order valence-corrected chi connectivity index (χ0v) is 47.9. The summed E-state index contributed by atoms with van der Waals surface area (Å²) in [6.45, 7) is 2.11. The van der Waals surface area contributed by atoms with Crippen LogP contribution in [0.5, 0.6) is 0 Å². The number of nitrogens with two attached hydrogens (primary N) is 1. The van der Waals surface area contributed by atoms with E-state index in [1.54, 1.807) is 72.5 Å². The van der Waals surface area contributed by atoms with Gasteiger partial charge in [-0.3, -0.25) is 33.2 Å². The van der Waals surface area contributed by atoms with Crippen LogP contribution in [0.25, 0.3) is 32.6 Å². The number of fused-ring (bicyclic) bond motifs is 2. The van der Waals surface area contributed by atoms with E-state index in [0.29, 0.717) is 39.2 Å². The third-order valence-corrected chi connectivity index (χ3v) is 21.7. The molecule has 0 aliphatic carbocycles. The number of carboxylic acid groups (broad SMARTS) is 1. The van der Waals surface area contributed by atoms with Gasteiger partial charge in [0.05, 0.1) is 65.0 Å². The van der Waals surface area contributed by atoms with Gasteiger partial charge < -0.3 is 10.8 Å². The van der Waals surface area contributed by atoms with Gasteiger partial charge in [0.2, 0.25) is 21.1 Å². The Labute approximate surface area is 472 Å². The summed E-state index contributed by atoms with van der Waals surface area (Å²) in [5.41, 5.74) is 5.97. The molecular weight excluding hydrogens is 1160 g/mol. The largest absolute Gasteiger partial charge is 0.481 e. The molecule has 28 heteroatoms. The molecule has 1 fully saturated rings. The number of imide groups is 1. The lowest BCUT2D eigenvalue weighted by Gasteiger charge is -2.33. The van der Waals surface area contributed by atoms with Gasteiger partial charge in [0.15, 0.2) is 16.4 Å². The highest BCUT2D eigenvalue weighted by Crippen LogP contribution is 2.41. The number of hydrogen-bond acceptors (Lipinski definition) is 16. The summed E-state index contributed by atoms with van der Waals surface area (Å²) in [4.78, 5) is 54.1. The Kier molecular flexibility index (Phi) is 16.5. The number of rotatable bonds is 21. The van der Waals surface area contributed by atoms with E-state index in [9.17, 15) is 70.4 Å². The average molecular weight is 1220 g/mol. The molecule has 82 heavy (non-hydrogen) atoms. The second-order valence-corrected chi connectivity index (χ2v) is 28.7.